The molecule has 1 rings (SSSR count). The first kappa shape index (κ1) is 11.0. The second-order valence-corrected chi connectivity index (χ2v) is 3.74. The van der Waals surface area contributed by atoms with E-state index in [2.05, 4.69) is 38.6 Å². The van der Waals surface area contributed by atoms with Crippen molar-refractivity contribution in [2.45, 2.75) is 39.5 Å². The van der Waals surface area contributed by atoms with Crippen LogP contribution in [0.4, 0.5) is 0 Å². The largest absolute Gasteiger partial charge is 0.0985 e. The summed E-state index contributed by atoms with van der Waals surface area (Å²) in [6.45, 7) is 8.29. The molecule has 0 saturated heterocycles. The number of benzene rings is 1. The molecule has 76 valence electrons. The maximum atomic E-state index is 3.85. The fourth-order valence-corrected chi connectivity index (χ4v) is 1.79. The molecule has 0 aliphatic heterocycles. The van der Waals surface area contributed by atoms with Crippen LogP contribution in [-0.2, 0) is 12.8 Å². The molecule has 0 atom stereocenters. The molecule has 0 bridgehead atoms. The molecule has 0 nitrogen and oxygen atoms in total. The lowest BCUT2D eigenvalue weighted by Crippen LogP contribution is -1.92. The van der Waals surface area contributed by atoms with Gasteiger partial charge in [-0.3, -0.25) is 0 Å². The van der Waals surface area contributed by atoms with Gasteiger partial charge in [-0.25, -0.2) is 0 Å². The van der Waals surface area contributed by atoms with Gasteiger partial charge in [0.2, 0.25) is 0 Å². The lowest BCUT2D eigenvalue weighted by Gasteiger charge is -2.07. The molecule has 0 aliphatic rings. The van der Waals surface area contributed by atoms with Crippen LogP contribution in [0.15, 0.2) is 24.8 Å². The van der Waals surface area contributed by atoms with E-state index in [0.717, 1.165) is 0 Å². The highest BCUT2D eigenvalue weighted by atomic mass is 14.0. The Balaban J connectivity index is 2.94. The zero-order valence-electron chi connectivity index (χ0n) is 9.34. The molecule has 0 saturated carbocycles. The van der Waals surface area contributed by atoms with Crippen molar-refractivity contribution in [2.24, 2.45) is 0 Å². The standard InChI is InChI=1S/C14H20/c1-4-7-12-9-10-13(6-3)14(11-12)8-5-2/h6,9-11H,3-5,7-8H2,1-2H3. The van der Waals surface area contributed by atoms with Gasteiger partial charge < -0.3 is 0 Å². The predicted octanol–water partition coefficient (Wildman–Crippen LogP) is 4.23. The third kappa shape index (κ3) is 2.73. The lowest BCUT2D eigenvalue weighted by atomic mass is 9.98. The minimum atomic E-state index is 1.17. The fraction of sp³-hybridized carbons (Fsp3) is 0.429. The summed E-state index contributed by atoms with van der Waals surface area (Å²) in [5.74, 6) is 0. The quantitative estimate of drug-likeness (QED) is 0.648. The van der Waals surface area contributed by atoms with E-state index < -0.39 is 0 Å². The molecule has 1 aromatic carbocycles. The summed E-state index contributed by atoms with van der Waals surface area (Å²) in [6, 6.07) is 6.76. The third-order valence-electron chi connectivity index (χ3n) is 2.49. The van der Waals surface area contributed by atoms with Crippen molar-refractivity contribution in [1.29, 1.82) is 0 Å². The van der Waals surface area contributed by atoms with E-state index in [4.69, 9.17) is 0 Å². The summed E-state index contributed by atoms with van der Waals surface area (Å²) in [6.07, 6.45) is 6.74. The second-order valence-electron chi connectivity index (χ2n) is 3.74. The Labute approximate surface area is 87.7 Å². The van der Waals surface area contributed by atoms with Crippen molar-refractivity contribution in [3.05, 3.63) is 41.5 Å². The molecule has 1 aromatic rings. The molecule has 0 heteroatoms. The van der Waals surface area contributed by atoms with Crippen LogP contribution in [0, 0.1) is 0 Å². The molecule has 0 aliphatic carbocycles. The maximum absolute atomic E-state index is 3.85. The minimum absolute atomic E-state index is 1.17. The van der Waals surface area contributed by atoms with E-state index >= 15 is 0 Å². The van der Waals surface area contributed by atoms with Crippen LogP contribution in [0.1, 0.15) is 43.4 Å². The Kier molecular flexibility index (Phi) is 4.45. The molecule has 0 fully saturated rings. The van der Waals surface area contributed by atoms with E-state index in [1.807, 2.05) is 6.08 Å². The predicted molar refractivity (Wildman–Crippen MR) is 64.5 cm³/mol. The van der Waals surface area contributed by atoms with Gasteiger partial charge >= 0.3 is 0 Å². The number of rotatable bonds is 5. The Morgan fingerprint density at radius 1 is 1.14 bits per heavy atom. The van der Waals surface area contributed by atoms with Crippen LogP contribution in [-0.4, -0.2) is 0 Å². The zero-order valence-corrected chi connectivity index (χ0v) is 9.34. The summed E-state index contributed by atoms with van der Waals surface area (Å²) >= 11 is 0. The van der Waals surface area contributed by atoms with Crippen molar-refractivity contribution in [3.8, 4) is 0 Å². The van der Waals surface area contributed by atoms with Crippen LogP contribution < -0.4 is 0 Å². The smallest absolute Gasteiger partial charge is 0.0230 e. The van der Waals surface area contributed by atoms with Crippen LogP contribution in [0.25, 0.3) is 6.08 Å². The first-order chi connectivity index (χ1) is 6.81. The summed E-state index contributed by atoms with van der Waals surface area (Å²) < 4.78 is 0. The molecule has 0 N–H and O–H groups in total. The van der Waals surface area contributed by atoms with Crippen LogP contribution in [0.2, 0.25) is 0 Å². The second kappa shape index (κ2) is 5.64. The molecule has 14 heavy (non-hydrogen) atoms. The van der Waals surface area contributed by atoms with Crippen molar-refractivity contribution in [2.75, 3.05) is 0 Å². The van der Waals surface area contributed by atoms with Crippen LogP contribution in [0.5, 0.6) is 0 Å². The van der Waals surface area contributed by atoms with Gasteiger partial charge in [0.1, 0.15) is 0 Å². The van der Waals surface area contributed by atoms with Gasteiger partial charge in [-0.2, -0.15) is 0 Å². The van der Waals surface area contributed by atoms with Gasteiger partial charge in [-0.1, -0.05) is 57.5 Å². The molecule has 0 heterocycles. The molecular formula is C14H20. The van der Waals surface area contributed by atoms with Crippen molar-refractivity contribution in [3.63, 3.8) is 0 Å². The monoisotopic (exact) mass is 188 g/mol. The Bertz CT molecular complexity index is 297. The molecule has 0 radical (unpaired) electrons. The normalized spacial score (nSPS) is 10.1. The molecule has 0 spiro atoms. The molecular weight excluding hydrogens is 168 g/mol. The van der Waals surface area contributed by atoms with Gasteiger partial charge in [0.15, 0.2) is 0 Å². The summed E-state index contributed by atoms with van der Waals surface area (Å²) in [4.78, 5) is 0. The van der Waals surface area contributed by atoms with Crippen LogP contribution in [0.3, 0.4) is 0 Å². The van der Waals surface area contributed by atoms with E-state index in [-0.39, 0.29) is 0 Å². The van der Waals surface area contributed by atoms with E-state index in [1.165, 1.54) is 42.4 Å². The Hall–Kier alpha value is -1.04. The Morgan fingerprint density at radius 2 is 1.86 bits per heavy atom. The minimum Gasteiger partial charge on any atom is -0.0985 e. The van der Waals surface area contributed by atoms with Crippen molar-refractivity contribution in [1.82, 2.24) is 0 Å². The third-order valence-corrected chi connectivity index (χ3v) is 2.49. The van der Waals surface area contributed by atoms with Gasteiger partial charge in [-0.05, 0) is 29.5 Å². The molecule has 0 aromatic heterocycles. The van der Waals surface area contributed by atoms with Gasteiger partial charge in [0, 0.05) is 0 Å². The highest BCUT2D eigenvalue weighted by Gasteiger charge is 2.00. The highest BCUT2D eigenvalue weighted by molar-refractivity contribution is 5.53. The van der Waals surface area contributed by atoms with Gasteiger partial charge in [0.25, 0.3) is 0 Å². The molecule has 0 amide bonds. The van der Waals surface area contributed by atoms with Gasteiger partial charge in [0.05, 0.1) is 0 Å². The SMILES string of the molecule is C=Cc1ccc(CCC)cc1CCC. The van der Waals surface area contributed by atoms with E-state index in [9.17, 15) is 0 Å². The highest BCUT2D eigenvalue weighted by Crippen LogP contribution is 2.16. The van der Waals surface area contributed by atoms with E-state index in [1.54, 1.807) is 0 Å². The number of hydrogen-bond donors (Lipinski definition) is 0. The van der Waals surface area contributed by atoms with Crippen molar-refractivity contribution < 1.29 is 0 Å². The van der Waals surface area contributed by atoms with Crippen molar-refractivity contribution >= 4 is 6.08 Å². The maximum Gasteiger partial charge on any atom is -0.0230 e. The van der Waals surface area contributed by atoms with Crippen LogP contribution >= 0.6 is 0 Å². The zero-order chi connectivity index (χ0) is 10.4. The summed E-state index contributed by atoms with van der Waals surface area (Å²) in [5, 5.41) is 0. The Morgan fingerprint density at radius 3 is 2.43 bits per heavy atom. The number of hydrogen-bond acceptors (Lipinski definition) is 0. The fourth-order valence-electron chi connectivity index (χ4n) is 1.79. The topological polar surface area (TPSA) is 0 Å². The first-order valence-corrected chi connectivity index (χ1v) is 5.56. The van der Waals surface area contributed by atoms with E-state index in [0.29, 0.717) is 0 Å². The number of aryl methyl sites for hydroxylation is 2. The molecule has 0 unspecified atom stereocenters. The average molecular weight is 188 g/mol. The summed E-state index contributed by atoms with van der Waals surface area (Å²) in [7, 11) is 0. The summed E-state index contributed by atoms with van der Waals surface area (Å²) in [5.41, 5.74) is 4.21. The lowest BCUT2D eigenvalue weighted by molar-refractivity contribution is 0.894. The van der Waals surface area contributed by atoms with Gasteiger partial charge in [-0.15, -0.1) is 0 Å². The average Bonchev–Trinajstić information content (AvgIpc) is 2.19. The first-order valence-electron chi connectivity index (χ1n) is 5.56.